The lowest BCUT2D eigenvalue weighted by atomic mass is 9.95. The minimum Gasteiger partial charge on any atom is -0.358 e. The summed E-state index contributed by atoms with van der Waals surface area (Å²) in [6, 6.07) is 8.79. The van der Waals surface area contributed by atoms with Gasteiger partial charge in [0.25, 0.3) is 0 Å². The van der Waals surface area contributed by atoms with Crippen LogP contribution in [0, 0.1) is 11.3 Å². The monoisotopic (exact) mass is 224 g/mol. The number of aromatic amines is 1. The number of nitrogens with one attached hydrogen (secondary N) is 1. The van der Waals surface area contributed by atoms with Gasteiger partial charge in [0, 0.05) is 23.0 Å². The molecule has 0 bridgehead atoms. The zero-order valence-corrected chi connectivity index (χ0v) is 9.92. The van der Waals surface area contributed by atoms with E-state index in [-0.39, 0.29) is 0 Å². The van der Waals surface area contributed by atoms with Crippen LogP contribution in [0.5, 0.6) is 0 Å². The number of hydrogen-bond acceptors (Lipinski definition) is 1. The van der Waals surface area contributed by atoms with Crippen molar-refractivity contribution >= 4 is 10.9 Å². The van der Waals surface area contributed by atoms with Gasteiger partial charge in [-0.2, -0.15) is 5.26 Å². The van der Waals surface area contributed by atoms with Gasteiger partial charge in [0.1, 0.15) is 0 Å². The highest BCUT2D eigenvalue weighted by molar-refractivity contribution is 5.85. The van der Waals surface area contributed by atoms with E-state index in [1.54, 1.807) is 0 Å². The summed E-state index contributed by atoms with van der Waals surface area (Å²) in [4.78, 5) is 3.53. The van der Waals surface area contributed by atoms with Crippen molar-refractivity contribution in [3.05, 3.63) is 35.0 Å². The van der Waals surface area contributed by atoms with E-state index in [4.69, 9.17) is 5.26 Å². The summed E-state index contributed by atoms with van der Waals surface area (Å²) in [5.74, 6) is 0. The number of hydrogen-bond donors (Lipinski definition) is 1. The van der Waals surface area contributed by atoms with Crippen molar-refractivity contribution in [3.63, 3.8) is 0 Å². The fourth-order valence-corrected chi connectivity index (χ4v) is 2.81. The molecule has 17 heavy (non-hydrogen) atoms. The van der Waals surface area contributed by atoms with Gasteiger partial charge in [0.05, 0.1) is 6.07 Å². The van der Waals surface area contributed by atoms with Gasteiger partial charge in [-0.25, -0.2) is 0 Å². The van der Waals surface area contributed by atoms with Gasteiger partial charge in [-0.1, -0.05) is 6.07 Å². The highest BCUT2D eigenvalue weighted by Crippen LogP contribution is 2.29. The summed E-state index contributed by atoms with van der Waals surface area (Å²) in [6.45, 7) is 0. The molecule has 1 aromatic heterocycles. The van der Waals surface area contributed by atoms with E-state index in [0.29, 0.717) is 6.42 Å². The molecule has 0 unspecified atom stereocenters. The van der Waals surface area contributed by atoms with E-state index < -0.39 is 0 Å². The third-order valence-electron chi connectivity index (χ3n) is 3.69. The van der Waals surface area contributed by atoms with Gasteiger partial charge in [-0.3, -0.25) is 0 Å². The van der Waals surface area contributed by atoms with Crippen molar-refractivity contribution in [3.8, 4) is 6.07 Å². The number of nitrogens with zero attached hydrogens (tertiary/aromatic N) is 1. The first-order valence-corrected chi connectivity index (χ1v) is 6.38. The van der Waals surface area contributed by atoms with E-state index in [9.17, 15) is 0 Å². The Morgan fingerprint density at radius 3 is 3.00 bits per heavy atom. The summed E-state index contributed by atoms with van der Waals surface area (Å²) < 4.78 is 0. The molecule has 0 aliphatic heterocycles. The SMILES string of the molecule is N#CCCc1ccc2[nH]c3c(c2c1)CCCC3. The summed E-state index contributed by atoms with van der Waals surface area (Å²) in [6.07, 6.45) is 6.49. The van der Waals surface area contributed by atoms with E-state index >= 15 is 0 Å². The number of aromatic nitrogens is 1. The highest BCUT2D eigenvalue weighted by atomic mass is 14.7. The Labute approximate surface area is 101 Å². The third-order valence-corrected chi connectivity index (χ3v) is 3.69. The van der Waals surface area contributed by atoms with Crippen LogP contribution in [0.1, 0.15) is 36.1 Å². The van der Waals surface area contributed by atoms with Crippen molar-refractivity contribution in [2.24, 2.45) is 0 Å². The fraction of sp³-hybridized carbons (Fsp3) is 0.400. The van der Waals surface area contributed by atoms with Crippen LogP contribution in [0.2, 0.25) is 0 Å². The van der Waals surface area contributed by atoms with E-state index in [0.717, 1.165) is 6.42 Å². The number of nitriles is 1. The van der Waals surface area contributed by atoms with Gasteiger partial charge in [-0.15, -0.1) is 0 Å². The molecule has 3 rings (SSSR count). The molecule has 0 radical (unpaired) electrons. The third kappa shape index (κ3) is 1.82. The van der Waals surface area contributed by atoms with Crippen molar-refractivity contribution in [2.75, 3.05) is 0 Å². The minimum atomic E-state index is 0.609. The second-order valence-electron chi connectivity index (χ2n) is 4.83. The van der Waals surface area contributed by atoms with E-state index in [2.05, 4.69) is 29.3 Å². The molecular weight excluding hydrogens is 208 g/mol. The Morgan fingerprint density at radius 1 is 1.24 bits per heavy atom. The summed E-state index contributed by atoms with van der Waals surface area (Å²) in [7, 11) is 0. The molecule has 0 atom stereocenters. The Kier molecular flexibility index (Phi) is 2.60. The lowest BCUT2D eigenvalue weighted by molar-refractivity contribution is 0.680. The van der Waals surface area contributed by atoms with E-state index in [1.165, 1.54) is 53.4 Å². The number of fused-ring (bicyclic) bond motifs is 3. The summed E-state index contributed by atoms with van der Waals surface area (Å²) in [5.41, 5.74) is 5.50. The lowest BCUT2D eigenvalue weighted by Crippen LogP contribution is -2.00. The van der Waals surface area contributed by atoms with Crippen LogP contribution in [0.25, 0.3) is 10.9 Å². The largest absolute Gasteiger partial charge is 0.358 e. The molecule has 2 aromatic rings. The first kappa shape index (κ1) is 10.4. The normalized spacial score (nSPS) is 14.5. The van der Waals surface area contributed by atoms with E-state index in [1.807, 2.05) is 0 Å². The number of rotatable bonds is 2. The van der Waals surface area contributed by atoms with Crippen LogP contribution in [-0.4, -0.2) is 4.98 Å². The van der Waals surface area contributed by atoms with Crippen LogP contribution in [-0.2, 0) is 19.3 Å². The van der Waals surface area contributed by atoms with Crippen molar-refractivity contribution in [1.82, 2.24) is 4.98 Å². The average Bonchev–Trinajstić information content (AvgIpc) is 2.74. The Balaban J connectivity index is 2.05. The predicted octanol–water partition coefficient (Wildman–Crippen LogP) is 3.50. The number of H-pyrrole nitrogens is 1. The molecular formula is C15H16N2. The van der Waals surface area contributed by atoms with Crippen molar-refractivity contribution < 1.29 is 0 Å². The van der Waals surface area contributed by atoms with Gasteiger partial charge in [-0.05, 0) is 55.4 Å². The molecule has 2 heteroatoms. The zero-order chi connectivity index (χ0) is 11.7. The molecule has 0 amide bonds. The summed E-state index contributed by atoms with van der Waals surface area (Å²) in [5, 5.41) is 10.0. The highest BCUT2D eigenvalue weighted by Gasteiger charge is 2.15. The standard InChI is InChI=1S/C15H16N2/c16-9-3-4-11-7-8-15-13(10-11)12-5-1-2-6-14(12)17-15/h7-8,10,17H,1-6H2. The van der Waals surface area contributed by atoms with Crippen LogP contribution in [0.4, 0.5) is 0 Å². The van der Waals surface area contributed by atoms with Crippen LogP contribution >= 0.6 is 0 Å². The fourth-order valence-electron chi connectivity index (χ4n) is 2.81. The summed E-state index contributed by atoms with van der Waals surface area (Å²) >= 11 is 0. The van der Waals surface area contributed by atoms with Gasteiger partial charge >= 0.3 is 0 Å². The molecule has 1 N–H and O–H groups in total. The quantitative estimate of drug-likeness (QED) is 0.833. The van der Waals surface area contributed by atoms with Crippen LogP contribution < -0.4 is 0 Å². The number of benzene rings is 1. The maximum Gasteiger partial charge on any atom is 0.0625 e. The molecule has 0 saturated heterocycles. The molecule has 86 valence electrons. The molecule has 0 saturated carbocycles. The second-order valence-corrected chi connectivity index (χ2v) is 4.83. The lowest BCUT2D eigenvalue weighted by Gasteiger charge is -2.10. The first-order chi connectivity index (χ1) is 8.38. The molecule has 2 nitrogen and oxygen atoms in total. The van der Waals surface area contributed by atoms with Crippen molar-refractivity contribution in [1.29, 1.82) is 5.26 Å². The minimum absolute atomic E-state index is 0.609. The van der Waals surface area contributed by atoms with Gasteiger partial charge in [0.2, 0.25) is 0 Å². The van der Waals surface area contributed by atoms with Crippen molar-refractivity contribution in [2.45, 2.75) is 38.5 Å². The van der Waals surface area contributed by atoms with Crippen LogP contribution in [0.15, 0.2) is 18.2 Å². The topological polar surface area (TPSA) is 39.6 Å². The molecule has 1 aromatic carbocycles. The number of aryl methyl sites for hydroxylation is 3. The Morgan fingerprint density at radius 2 is 2.12 bits per heavy atom. The average molecular weight is 224 g/mol. The maximum absolute atomic E-state index is 8.64. The molecule has 1 heterocycles. The predicted molar refractivity (Wildman–Crippen MR) is 68.9 cm³/mol. The molecule has 0 fully saturated rings. The second kappa shape index (κ2) is 4.25. The molecule has 1 aliphatic rings. The van der Waals surface area contributed by atoms with Gasteiger partial charge < -0.3 is 4.98 Å². The zero-order valence-electron chi connectivity index (χ0n) is 9.92. The Hall–Kier alpha value is -1.75. The van der Waals surface area contributed by atoms with Crippen LogP contribution in [0.3, 0.4) is 0 Å². The molecule has 1 aliphatic carbocycles. The van der Waals surface area contributed by atoms with Gasteiger partial charge in [0.15, 0.2) is 0 Å². The molecule has 0 spiro atoms. The maximum atomic E-state index is 8.64. The smallest absolute Gasteiger partial charge is 0.0625 e. The first-order valence-electron chi connectivity index (χ1n) is 6.38. The Bertz CT molecular complexity index is 587.